The molecule has 3 N–H and O–H groups in total. The van der Waals surface area contributed by atoms with Crippen molar-refractivity contribution in [3.8, 4) is 5.75 Å². The van der Waals surface area contributed by atoms with E-state index in [1.54, 1.807) is 43.7 Å². The molecule has 0 aliphatic heterocycles. The van der Waals surface area contributed by atoms with E-state index in [1.165, 1.54) is 23.7 Å². The van der Waals surface area contributed by atoms with Crippen LogP contribution in [-0.2, 0) is 16.4 Å². The van der Waals surface area contributed by atoms with E-state index < -0.39 is 27.0 Å². The third-order valence-corrected chi connectivity index (χ3v) is 9.87. The van der Waals surface area contributed by atoms with Gasteiger partial charge in [0.1, 0.15) is 23.7 Å². The molecule has 5 rings (SSSR count). The number of nitrogens with one attached hydrogen (secondary N) is 3. The molecule has 2 heterocycles. The Bertz CT molecular complexity index is 1660. The van der Waals surface area contributed by atoms with Crippen LogP contribution < -0.4 is 20.1 Å². The molecule has 2 aromatic carbocycles. The lowest BCUT2D eigenvalue weighted by Crippen LogP contribution is -2.29. The van der Waals surface area contributed by atoms with Crippen molar-refractivity contribution in [3.05, 3.63) is 70.1 Å². The van der Waals surface area contributed by atoms with E-state index >= 15 is 0 Å². The van der Waals surface area contributed by atoms with Gasteiger partial charge in [0.05, 0.1) is 44.5 Å². The fourth-order valence-electron chi connectivity index (χ4n) is 4.20. The summed E-state index contributed by atoms with van der Waals surface area (Å²) in [4.78, 5) is 21.7. The molecule has 2 aromatic heterocycles. The summed E-state index contributed by atoms with van der Waals surface area (Å²) < 4.78 is 49.8. The SMILES string of the molecule is CCC(Cc1ccc(OC)cc1)S(=O)(=O)Nc1ccc(F)c(NC(=O)c2csc3c(NC4CC4)ncnc23)c1Cl. The fraction of sp³-hybridized carbons (Fsp3) is 0.296. The van der Waals surface area contributed by atoms with Crippen molar-refractivity contribution in [1.29, 1.82) is 0 Å². The van der Waals surface area contributed by atoms with Crippen molar-refractivity contribution in [3.63, 3.8) is 0 Å². The summed E-state index contributed by atoms with van der Waals surface area (Å²) in [6.07, 6.45) is 4.07. The summed E-state index contributed by atoms with van der Waals surface area (Å²) in [5.41, 5.74) is 1.10. The van der Waals surface area contributed by atoms with Crippen LogP contribution >= 0.6 is 22.9 Å². The van der Waals surface area contributed by atoms with Gasteiger partial charge in [-0.15, -0.1) is 11.3 Å². The maximum atomic E-state index is 14.8. The van der Waals surface area contributed by atoms with Crippen molar-refractivity contribution in [2.75, 3.05) is 22.5 Å². The maximum Gasteiger partial charge on any atom is 0.258 e. The minimum Gasteiger partial charge on any atom is -0.497 e. The van der Waals surface area contributed by atoms with Gasteiger partial charge in [-0.05, 0) is 55.5 Å². The number of benzene rings is 2. The molecule has 0 saturated heterocycles. The molecule has 1 unspecified atom stereocenters. The van der Waals surface area contributed by atoms with Gasteiger partial charge in [-0.25, -0.2) is 22.8 Å². The van der Waals surface area contributed by atoms with E-state index in [0.29, 0.717) is 29.5 Å². The summed E-state index contributed by atoms with van der Waals surface area (Å²) in [6.45, 7) is 1.77. The maximum absolute atomic E-state index is 14.8. The first kappa shape index (κ1) is 28.1. The smallest absolute Gasteiger partial charge is 0.258 e. The van der Waals surface area contributed by atoms with Crippen molar-refractivity contribution >= 4 is 66.3 Å². The van der Waals surface area contributed by atoms with E-state index in [0.717, 1.165) is 29.2 Å². The number of thiophene rings is 1. The van der Waals surface area contributed by atoms with E-state index in [2.05, 4.69) is 25.3 Å². The number of hydrogen-bond acceptors (Lipinski definition) is 8. The molecule has 0 bridgehead atoms. The van der Waals surface area contributed by atoms with E-state index in [1.807, 2.05) is 0 Å². The number of aromatic nitrogens is 2. The highest BCUT2D eigenvalue weighted by molar-refractivity contribution is 7.93. The standard InChI is InChI=1S/C27H27ClFN5O4S2/c1-3-18(12-15-4-8-17(38-2)9-5-15)40(36,37)34-21-11-10-20(29)24(22(21)28)33-27(35)19-13-39-25-23(19)30-14-31-26(25)32-16-6-7-16/h4-5,8-11,13-14,16,18,34H,3,6-7,12H2,1-2H3,(H,33,35)(H,30,31,32). The summed E-state index contributed by atoms with van der Waals surface area (Å²) in [5, 5.41) is 6.39. The number of rotatable bonds is 11. The molecule has 0 spiro atoms. The third-order valence-electron chi connectivity index (χ3n) is 6.61. The average molecular weight is 604 g/mol. The Labute approximate surface area is 240 Å². The molecule has 1 saturated carbocycles. The average Bonchev–Trinajstić information content (AvgIpc) is 3.65. The highest BCUT2D eigenvalue weighted by atomic mass is 35.5. The number of sulfonamides is 1. The van der Waals surface area contributed by atoms with Gasteiger partial charge in [0.15, 0.2) is 0 Å². The largest absolute Gasteiger partial charge is 0.497 e. The second-order valence-electron chi connectivity index (χ2n) is 9.44. The van der Waals surface area contributed by atoms with Gasteiger partial charge in [-0.3, -0.25) is 9.52 Å². The number of methoxy groups -OCH3 is 1. The number of ether oxygens (including phenoxy) is 1. The zero-order valence-electron chi connectivity index (χ0n) is 21.7. The second kappa shape index (κ2) is 11.6. The zero-order chi connectivity index (χ0) is 28.4. The van der Waals surface area contributed by atoms with Gasteiger partial charge in [-0.1, -0.05) is 30.7 Å². The first-order valence-electron chi connectivity index (χ1n) is 12.6. The number of nitrogens with zero attached hydrogens (tertiary/aromatic N) is 2. The molecule has 1 amide bonds. The first-order chi connectivity index (χ1) is 19.2. The molecule has 210 valence electrons. The van der Waals surface area contributed by atoms with Gasteiger partial charge in [0, 0.05) is 11.4 Å². The topological polar surface area (TPSA) is 122 Å². The van der Waals surface area contributed by atoms with Crippen LogP contribution in [0.2, 0.25) is 5.02 Å². The summed E-state index contributed by atoms with van der Waals surface area (Å²) in [7, 11) is -2.37. The van der Waals surface area contributed by atoms with Crippen LogP contribution in [-0.4, -0.2) is 42.7 Å². The second-order valence-corrected chi connectivity index (χ2v) is 12.7. The van der Waals surface area contributed by atoms with Crippen molar-refractivity contribution in [1.82, 2.24) is 9.97 Å². The molecule has 4 aromatic rings. The normalized spacial score (nSPS) is 14.1. The van der Waals surface area contributed by atoms with Crippen molar-refractivity contribution in [2.24, 2.45) is 0 Å². The lowest BCUT2D eigenvalue weighted by molar-refractivity contribution is 0.102. The molecular formula is C27H27ClFN5O4S2. The molecule has 1 fully saturated rings. The fourth-order valence-corrected chi connectivity index (χ4v) is 6.95. The number of anilines is 3. The van der Waals surface area contributed by atoms with Crippen LogP contribution in [0.4, 0.5) is 21.6 Å². The number of carbonyl (C=O) groups is 1. The van der Waals surface area contributed by atoms with Crippen molar-refractivity contribution < 1.29 is 22.3 Å². The monoisotopic (exact) mass is 603 g/mol. The molecule has 1 aliphatic rings. The van der Waals surface area contributed by atoms with Crippen LogP contribution in [0, 0.1) is 5.82 Å². The van der Waals surface area contributed by atoms with Crippen LogP contribution in [0.15, 0.2) is 48.1 Å². The molecular weight excluding hydrogens is 577 g/mol. The molecule has 40 heavy (non-hydrogen) atoms. The lowest BCUT2D eigenvalue weighted by Gasteiger charge is -2.19. The highest BCUT2D eigenvalue weighted by Gasteiger charge is 2.27. The van der Waals surface area contributed by atoms with Gasteiger partial charge in [-0.2, -0.15) is 0 Å². The molecule has 1 atom stereocenters. The Morgan fingerprint density at radius 2 is 1.95 bits per heavy atom. The van der Waals surface area contributed by atoms with Crippen LogP contribution in [0.3, 0.4) is 0 Å². The Morgan fingerprint density at radius 1 is 1.20 bits per heavy atom. The zero-order valence-corrected chi connectivity index (χ0v) is 24.1. The Kier molecular flexibility index (Phi) is 8.11. The van der Waals surface area contributed by atoms with Gasteiger partial charge in [0.2, 0.25) is 10.0 Å². The Morgan fingerprint density at radius 3 is 2.62 bits per heavy atom. The van der Waals surface area contributed by atoms with Crippen molar-refractivity contribution in [2.45, 2.75) is 43.9 Å². The van der Waals surface area contributed by atoms with E-state index in [-0.39, 0.29) is 28.4 Å². The number of halogens is 2. The summed E-state index contributed by atoms with van der Waals surface area (Å²) in [6, 6.07) is 9.78. The van der Waals surface area contributed by atoms with Gasteiger partial charge < -0.3 is 15.4 Å². The predicted octanol–water partition coefficient (Wildman–Crippen LogP) is 6.08. The number of amides is 1. The van der Waals surface area contributed by atoms with Gasteiger partial charge >= 0.3 is 0 Å². The number of fused-ring (bicyclic) bond motifs is 1. The number of hydrogen-bond donors (Lipinski definition) is 3. The molecule has 1 aliphatic carbocycles. The van der Waals surface area contributed by atoms with Crippen LogP contribution in [0.5, 0.6) is 5.75 Å². The van der Waals surface area contributed by atoms with E-state index in [4.69, 9.17) is 16.3 Å². The molecule has 13 heteroatoms. The summed E-state index contributed by atoms with van der Waals surface area (Å²) >= 11 is 7.75. The number of carbonyl (C=O) groups excluding carboxylic acids is 1. The predicted molar refractivity (Wildman–Crippen MR) is 157 cm³/mol. The summed E-state index contributed by atoms with van der Waals surface area (Å²) in [5.74, 6) is -0.119. The lowest BCUT2D eigenvalue weighted by atomic mass is 10.1. The molecule has 9 nitrogen and oxygen atoms in total. The molecule has 0 radical (unpaired) electrons. The minimum atomic E-state index is -3.92. The first-order valence-corrected chi connectivity index (χ1v) is 15.4. The highest BCUT2D eigenvalue weighted by Crippen LogP contribution is 2.36. The van der Waals surface area contributed by atoms with Crippen LogP contribution in [0.25, 0.3) is 10.2 Å². The minimum absolute atomic E-state index is 0.0417. The quantitative estimate of drug-likeness (QED) is 0.190. The Hall–Kier alpha value is -3.48. The third kappa shape index (κ3) is 5.98. The Balaban J connectivity index is 1.36. The van der Waals surface area contributed by atoms with Crippen LogP contribution in [0.1, 0.15) is 42.1 Å². The van der Waals surface area contributed by atoms with Gasteiger partial charge in [0.25, 0.3) is 5.91 Å². The van der Waals surface area contributed by atoms with E-state index in [9.17, 15) is 17.6 Å².